The Kier molecular flexibility index (Phi) is 6.36. The molecule has 2 aromatic carbocycles. The Morgan fingerprint density at radius 1 is 1.06 bits per heavy atom. The minimum Gasteiger partial charge on any atom is -0.497 e. The minimum absolute atomic E-state index is 0.174. The molecule has 10 heteroatoms. The number of rotatable bonds is 8. The third-order valence-electron chi connectivity index (χ3n) is 5.32. The minimum atomic E-state index is -0.302. The fraction of sp³-hybridized carbons (Fsp3) is 0.120. The van der Waals surface area contributed by atoms with Crippen molar-refractivity contribution in [3.63, 3.8) is 0 Å². The standard InChI is InChI=1S/C25H21FN6O2S/c1-34-19-8-4-17(5-9-19)23(33)27-12-13-29-24-28-11-10-20(30-24)22-21(16-2-6-18(26)7-3-16)31-25-32(22)14-15-35-25/h2-11,14-15H,12-13H2,1H3,(H,27,33)(H,28,29,30). The number of nitrogens with one attached hydrogen (secondary N) is 2. The van der Waals surface area contributed by atoms with Crippen molar-refractivity contribution >= 4 is 28.2 Å². The monoisotopic (exact) mass is 488 g/mol. The summed E-state index contributed by atoms with van der Waals surface area (Å²) in [5.41, 5.74) is 3.54. The number of carbonyl (C=O) groups excluding carboxylic acids is 1. The van der Waals surface area contributed by atoms with Crippen LogP contribution in [0.4, 0.5) is 10.3 Å². The van der Waals surface area contributed by atoms with Crippen LogP contribution in [0.1, 0.15) is 10.4 Å². The van der Waals surface area contributed by atoms with Gasteiger partial charge in [-0.1, -0.05) is 0 Å². The molecule has 0 fully saturated rings. The summed E-state index contributed by atoms with van der Waals surface area (Å²) in [7, 11) is 1.58. The van der Waals surface area contributed by atoms with Crippen LogP contribution in [0.25, 0.3) is 27.6 Å². The number of halogens is 1. The fourth-order valence-electron chi connectivity index (χ4n) is 3.61. The van der Waals surface area contributed by atoms with E-state index >= 15 is 0 Å². The lowest BCUT2D eigenvalue weighted by molar-refractivity contribution is 0.0955. The van der Waals surface area contributed by atoms with Crippen molar-refractivity contribution in [2.75, 3.05) is 25.5 Å². The summed E-state index contributed by atoms with van der Waals surface area (Å²) < 4.78 is 20.5. The van der Waals surface area contributed by atoms with Crippen LogP contribution in [0.5, 0.6) is 5.75 Å². The zero-order chi connectivity index (χ0) is 24.2. The summed E-state index contributed by atoms with van der Waals surface area (Å²) in [4.78, 5) is 26.8. The second kappa shape index (κ2) is 9.90. The Balaban J connectivity index is 1.30. The van der Waals surface area contributed by atoms with E-state index in [2.05, 4.69) is 20.6 Å². The zero-order valence-corrected chi connectivity index (χ0v) is 19.6. The van der Waals surface area contributed by atoms with Gasteiger partial charge >= 0.3 is 0 Å². The molecule has 3 heterocycles. The SMILES string of the molecule is COc1ccc(C(=O)NCCNc2nccc(-c3c(-c4ccc(F)cc4)nc4sccn34)n2)cc1. The number of ether oxygens (including phenoxy) is 1. The molecule has 0 unspecified atom stereocenters. The highest BCUT2D eigenvalue weighted by Crippen LogP contribution is 2.33. The van der Waals surface area contributed by atoms with Crippen LogP contribution in [0.3, 0.4) is 0 Å². The number of aromatic nitrogens is 4. The highest BCUT2D eigenvalue weighted by atomic mass is 32.1. The van der Waals surface area contributed by atoms with Crippen LogP contribution >= 0.6 is 11.3 Å². The summed E-state index contributed by atoms with van der Waals surface area (Å²) in [6.45, 7) is 0.831. The number of imidazole rings is 1. The maximum Gasteiger partial charge on any atom is 0.251 e. The predicted molar refractivity (Wildman–Crippen MR) is 133 cm³/mol. The molecule has 0 atom stereocenters. The number of fused-ring (bicyclic) bond motifs is 1. The van der Waals surface area contributed by atoms with E-state index in [0.717, 1.165) is 16.2 Å². The molecule has 0 saturated carbocycles. The summed E-state index contributed by atoms with van der Waals surface area (Å²) in [5, 5.41) is 7.96. The van der Waals surface area contributed by atoms with Crippen molar-refractivity contribution < 1.29 is 13.9 Å². The van der Waals surface area contributed by atoms with E-state index in [1.165, 1.54) is 23.5 Å². The van der Waals surface area contributed by atoms with E-state index in [1.54, 1.807) is 49.7 Å². The molecule has 0 aliphatic carbocycles. The van der Waals surface area contributed by atoms with E-state index in [9.17, 15) is 9.18 Å². The molecule has 1 amide bonds. The average molecular weight is 489 g/mol. The van der Waals surface area contributed by atoms with E-state index < -0.39 is 0 Å². The molecular formula is C25H21FN6O2S. The van der Waals surface area contributed by atoms with Gasteiger partial charge in [0.05, 0.1) is 18.5 Å². The van der Waals surface area contributed by atoms with E-state index in [0.29, 0.717) is 41.7 Å². The van der Waals surface area contributed by atoms with Crippen LogP contribution in [-0.2, 0) is 0 Å². The van der Waals surface area contributed by atoms with Gasteiger partial charge in [0.1, 0.15) is 17.3 Å². The molecule has 0 radical (unpaired) electrons. The van der Waals surface area contributed by atoms with Crippen molar-refractivity contribution in [2.45, 2.75) is 0 Å². The van der Waals surface area contributed by atoms with Crippen LogP contribution in [0.2, 0.25) is 0 Å². The zero-order valence-electron chi connectivity index (χ0n) is 18.7. The van der Waals surface area contributed by atoms with Gasteiger partial charge in [-0.25, -0.2) is 19.3 Å². The molecule has 176 valence electrons. The number of hydrogen-bond acceptors (Lipinski definition) is 7. The number of amides is 1. The maximum atomic E-state index is 13.5. The maximum absolute atomic E-state index is 13.5. The van der Waals surface area contributed by atoms with Gasteiger partial charge in [-0.15, -0.1) is 11.3 Å². The number of hydrogen-bond donors (Lipinski definition) is 2. The van der Waals surface area contributed by atoms with Gasteiger partial charge in [0, 0.05) is 42.0 Å². The second-order valence-electron chi connectivity index (χ2n) is 7.55. The molecule has 0 spiro atoms. The van der Waals surface area contributed by atoms with Gasteiger partial charge in [-0.2, -0.15) is 0 Å². The molecular weight excluding hydrogens is 467 g/mol. The number of anilines is 1. The first-order valence-electron chi connectivity index (χ1n) is 10.8. The van der Waals surface area contributed by atoms with Crippen LogP contribution in [0, 0.1) is 5.82 Å². The van der Waals surface area contributed by atoms with Gasteiger partial charge < -0.3 is 15.4 Å². The van der Waals surface area contributed by atoms with Gasteiger partial charge in [-0.3, -0.25) is 9.20 Å². The summed E-state index contributed by atoms with van der Waals surface area (Å²) >= 11 is 1.51. The quantitative estimate of drug-likeness (QED) is 0.312. The Bertz CT molecular complexity index is 1460. The highest BCUT2D eigenvalue weighted by molar-refractivity contribution is 7.15. The molecule has 35 heavy (non-hydrogen) atoms. The van der Waals surface area contributed by atoms with E-state index in [4.69, 9.17) is 9.72 Å². The molecule has 0 saturated heterocycles. The summed E-state index contributed by atoms with van der Waals surface area (Å²) in [6, 6.07) is 15.0. The molecule has 5 aromatic rings. The predicted octanol–water partition coefficient (Wildman–Crippen LogP) is 4.51. The first-order valence-corrected chi connectivity index (χ1v) is 11.7. The number of methoxy groups -OCH3 is 1. The van der Waals surface area contributed by atoms with Gasteiger partial charge in [0.25, 0.3) is 5.91 Å². The second-order valence-corrected chi connectivity index (χ2v) is 8.42. The van der Waals surface area contributed by atoms with Crippen LogP contribution in [-0.4, -0.2) is 45.5 Å². The van der Waals surface area contributed by atoms with Gasteiger partial charge in [0.15, 0.2) is 4.96 Å². The Morgan fingerprint density at radius 2 is 1.86 bits per heavy atom. The molecule has 2 N–H and O–H groups in total. The smallest absolute Gasteiger partial charge is 0.251 e. The molecule has 3 aromatic heterocycles. The Morgan fingerprint density at radius 3 is 2.63 bits per heavy atom. The van der Waals surface area contributed by atoms with Crippen molar-refractivity contribution in [1.82, 2.24) is 24.7 Å². The van der Waals surface area contributed by atoms with Gasteiger partial charge in [-0.05, 0) is 54.6 Å². The first-order chi connectivity index (χ1) is 17.1. The van der Waals surface area contributed by atoms with Gasteiger partial charge in [0.2, 0.25) is 5.95 Å². The number of nitrogens with zero attached hydrogens (tertiary/aromatic N) is 4. The highest BCUT2D eigenvalue weighted by Gasteiger charge is 2.18. The van der Waals surface area contributed by atoms with E-state index in [1.807, 2.05) is 22.0 Å². The van der Waals surface area contributed by atoms with Crippen molar-refractivity contribution in [3.05, 3.63) is 83.8 Å². The first kappa shape index (κ1) is 22.5. The average Bonchev–Trinajstić information content (AvgIpc) is 3.49. The molecule has 0 aliphatic heterocycles. The largest absolute Gasteiger partial charge is 0.497 e. The molecule has 8 nitrogen and oxygen atoms in total. The normalized spacial score (nSPS) is 10.9. The number of benzene rings is 2. The lowest BCUT2D eigenvalue weighted by Crippen LogP contribution is -2.29. The van der Waals surface area contributed by atoms with Crippen molar-refractivity contribution in [1.29, 1.82) is 0 Å². The Labute approximate surface area is 204 Å². The molecule has 5 rings (SSSR count). The van der Waals surface area contributed by atoms with E-state index in [-0.39, 0.29) is 11.7 Å². The topological polar surface area (TPSA) is 93.4 Å². The summed E-state index contributed by atoms with van der Waals surface area (Å²) in [5.74, 6) is 0.647. The third-order valence-corrected chi connectivity index (χ3v) is 6.08. The number of thiazole rings is 1. The fourth-order valence-corrected chi connectivity index (χ4v) is 4.32. The molecule has 0 aliphatic rings. The molecule has 0 bridgehead atoms. The van der Waals surface area contributed by atoms with Crippen molar-refractivity contribution in [3.8, 4) is 28.4 Å². The third kappa shape index (κ3) is 4.82. The lowest BCUT2D eigenvalue weighted by atomic mass is 10.1. The van der Waals surface area contributed by atoms with Crippen LogP contribution in [0.15, 0.2) is 72.4 Å². The van der Waals surface area contributed by atoms with Crippen molar-refractivity contribution in [2.24, 2.45) is 0 Å². The lowest BCUT2D eigenvalue weighted by Gasteiger charge is -2.09. The number of carbonyl (C=O) groups is 1. The van der Waals surface area contributed by atoms with Crippen LogP contribution < -0.4 is 15.4 Å². The summed E-state index contributed by atoms with van der Waals surface area (Å²) in [6.07, 6.45) is 3.60. The Hall–Kier alpha value is -4.31.